The van der Waals surface area contributed by atoms with Crippen molar-refractivity contribution in [1.29, 1.82) is 0 Å². The summed E-state index contributed by atoms with van der Waals surface area (Å²) in [5, 5.41) is 19.8. The zero-order valence-corrected chi connectivity index (χ0v) is 12.5. The van der Waals surface area contributed by atoms with E-state index >= 15 is 0 Å². The molecule has 0 aliphatic rings. The van der Waals surface area contributed by atoms with Gasteiger partial charge in [0.05, 0.1) is 18.8 Å². The lowest BCUT2D eigenvalue weighted by molar-refractivity contribution is 0.103. The molecule has 0 atom stereocenters. The predicted octanol–water partition coefficient (Wildman–Crippen LogP) is 3.13. The van der Waals surface area contributed by atoms with Gasteiger partial charge < -0.3 is 19.7 Å². The van der Waals surface area contributed by atoms with Crippen LogP contribution < -0.4 is 9.47 Å². The monoisotopic (exact) mass is 302 g/mol. The topological polar surface area (TPSA) is 76.0 Å². The molecular weight excluding hydrogens is 284 g/mol. The van der Waals surface area contributed by atoms with E-state index in [2.05, 4.69) is 0 Å². The Labute approximate surface area is 128 Å². The first kappa shape index (κ1) is 15.7. The summed E-state index contributed by atoms with van der Waals surface area (Å²) in [6.45, 7) is 4.41. The van der Waals surface area contributed by atoms with Gasteiger partial charge in [-0.3, -0.25) is 4.79 Å². The molecule has 0 unspecified atom stereocenters. The number of ketones is 1. The van der Waals surface area contributed by atoms with E-state index in [-0.39, 0.29) is 35.2 Å². The summed E-state index contributed by atoms with van der Waals surface area (Å²) in [6.07, 6.45) is 0. The van der Waals surface area contributed by atoms with Gasteiger partial charge in [0.2, 0.25) is 5.75 Å². The minimum atomic E-state index is -0.360. The molecule has 0 saturated heterocycles. The van der Waals surface area contributed by atoms with Gasteiger partial charge in [-0.1, -0.05) is 0 Å². The Kier molecular flexibility index (Phi) is 4.88. The van der Waals surface area contributed by atoms with Crippen molar-refractivity contribution < 1.29 is 24.5 Å². The van der Waals surface area contributed by atoms with E-state index in [4.69, 9.17) is 9.47 Å². The van der Waals surface area contributed by atoms with Crippen LogP contribution in [0, 0.1) is 0 Å². The molecule has 2 aromatic carbocycles. The Morgan fingerprint density at radius 1 is 0.955 bits per heavy atom. The fourth-order valence-corrected chi connectivity index (χ4v) is 2.06. The predicted molar refractivity (Wildman–Crippen MR) is 82.0 cm³/mol. The maximum Gasteiger partial charge on any atom is 0.203 e. The highest BCUT2D eigenvalue weighted by atomic mass is 16.5. The fraction of sp³-hybridized carbons (Fsp3) is 0.235. The minimum absolute atomic E-state index is 0.0745. The van der Waals surface area contributed by atoms with E-state index in [1.54, 1.807) is 31.2 Å². The quantitative estimate of drug-likeness (QED) is 0.802. The number of hydrogen-bond donors (Lipinski definition) is 2. The van der Waals surface area contributed by atoms with Crippen LogP contribution in [-0.2, 0) is 0 Å². The molecule has 2 aromatic rings. The summed E-state index contributed by atoms with van der Waals surface area (Å²) in [5.41, 5.74) is 0.484. The first-order chi connectivity index (χ1) is 10.6. The number of hydrogen-bond acceptors (Lipinski definition) is 5. The van der Waals surface area contributed by atoms with Crippen LogP contribution in [0.2, 0.25) is 0 Å². The molecule has 0 aliphatic carbocycles. The Hall–Kier alpha value is -2.69. The van der Waals surface area contributed by atoms with E-state index in [0.717, 1.165) is 0 Å². The first-order valence-corrected chi connectivity index (χ1v) is 7.03. The number of phenolic OH excluding ortho intramolecular Hbond substituents is 2. The Morgan fingerprint density at radius 3 is 2.18 bits per heavy atom. The summed E-state index contributed by atoms with van der Waals surface area (Å²) in [4.78, 5) is 12.5. The molecule has 0 amide bonds. The highest BCUT2D eigenvalue weighted by Gasteiger charge is 2.19. The number of rotatable bonds is 6. The zero-order valence-electron chi connectivity index (χ0n) is 12.5. The zero-order chi connectivity index (χ0) is 16.1. The van der Waals surface area contributed by atoms with Gasteiger partial charge in [-0.15, -0.1) is 0 Å². The molecule has 0 heterocycles. The van der Waals surface area contributed by atoms with Crippen LogP contribution in [0.4, 0.5) is 0 Å². The average Bonchev–Trinajstić information content (AvgIpc) is 2.52. The second-order valence-electron chi connectivity index (χ2n) is 4.53. The van der Waals surface area contributed by atoms with E-state index in [9.17, 15) is 15.0 Å². The number of carbonyl (C=O) groups is 1. The largest absolute Gasteiger partial charge is 0.504 e. The van der Waals surface area contributed by atoms with Crippen LogP contribution >= 0.6 is 0 Å². The maximum atomic E-state index is 12.5. The summed E-state index contributed by atoms with van der Waals surface area (Å²) in [5.74, 6) is -0.340. The molecule has 2 N–H and O–H groups in total. The second kappa shape index (κ2) is 6.85. The standard InChI is InChI=1S/C17H18O5/c1-3-21-12-7-5-11(6-8-12)15(19)13-9-10-14(18)17(16(13)20)22-4-2/h5-10,18,20H,3-4H2,1-2H3. The molecule has 0 aliphatic heterocycles. The second-order valence-corrected chi connectivity index (χ2v) is 4.53. The number of carbonyl (C=O) groups excluding carboxylic acids is 1. The van der Waals surface area contributed by atoms with Crippen molar-refractivity contribution >= 4 is 5.78 Å². The van der Waals surface area contributed by atoms with Gasteiger partial charge in [-0.2, -0.15) is 0 Å². The molecule has 0 saturated carbocycles. The smallest absolute Gasteiger partial charge is 0.203 e. The SMILES string of the molecule is CCOc1ccc(C(=O)c2ccc(O)c(OCC)c2O)cc1. The van der Waals surface area contributed by atoms with Crippen molar-refractivity contribution in [2.24, 2.45) is 0 Å². The van der Waals surface area contributed by atoms with Crippen molar-refractivity contribution in [3.8, 4) is 23.0 Å². The van der Waals surface area contributed by atoms with Gasteiger partial charge in [0.1, 0.15) is 5.75 Å². The Bertz CT molecular complexity index is 661. The third kappa shape index (κ3) is 3.14. The van der Waals surface area contributed by atoms with Gasteiger partial charge in [-0.05, 0) is 50.2 Å². The van der Waals surface area contributed by atoms with Gasteiger partial charge in [-0.25, -0.2) is 0 Å². The number of ether oxygens (including phenoxy) is 2. The summed E-state index contributed by atoms with van der Waals surface area (Å²) in [6, 6.07) is 9.33. The Balaban J connectivity index is 2.35. The molecular formula is C17H18O5. The lowest BCUT2D eigenvalue weighted by Crippen LogP contribution is -2.03. The maximum absolute atomic E-state index is 12.5. The number of phenols is 2. The van der Waals surface area contributed by atoms with Crippen LogP contribution in [0.25, 0.3) is 0 Å². The number of aromatic hydroxyl groups is 2. The molecule has 22 heavy (non-hydrogen) atoms. The van der Waals surface area contributed by atoms with Crippen LogP contribution in [-0.4, -0.2) is 29.2 Å². The highest BCUT2D eigenvalue weighted by molar-refractivity contribution is 6.11. The molecule has 116 valence electrons. The van der Waals surface area contributed by atoms with Gasteiger partial charge in [0, 0.05) is 5.56 Å². The molecule has 0 aromatic heterocycles. The molecule has 2 rings (SSSR count). The summed E-state index contributed by atoms with van der Waals surface area (Å²) < 4.78 is 10.5. The molecule has 5 heteroatoms. The molecule has 5 nitrogen and oxygen atoms in total. The third-order valence-corrected chi connectivity index (χ3v) is 3.07. The highest BCUT2D eigenvalue weighted by Crippen LogP contribution is 2.39. The van der Waals surface area contributed by atoms with Gasteiger partial charge in [0.15, 0.2) is 17.3 Å². The normalized spacial score (nSPS) is 10.3. The van der Waals surface area contributed by atoms with E-state index < -0.39 is 0 Å². The van der Waals surface area contributed by atoms with Gasteiger partial charge in [0.25, 0.3) is 0 Å². The van der Waals surface area contributed by atoms with Crippen LogP contribution in [0.1, 0.15) is 29.8 Å². The van der Waals surface area contributed by atoms with Crippen molar-refractivity contribution in [3.05, 3.63) is 47.5 Å². The first-order valence-electron chi connectivity index (χ1n) is 7.03. The fourth-order valence-electron chi connectivity index (χ4n) is 2.06. The van der Waals surface area contributed by atoms with Crippen molar-refractivity contribution in [2.45, 2.75) is 13.8 Å². The summed E-state index contributed by atoms with van der Waals surface area (Å²) >= 11 is 0. The Morgan fingerprint density at radius 2 is 1.59 bits per heavy atom. The lowest BCUT2D eigenvalue weighted by atomic mass is 10.0. The van der Waals surface area contributed by atoms with Crippen molar-refractivity contribution in [2.75, 3.05) is 13.2 Å². The minimum Gasteiger partial charge on any atom is -0.504 e. The van der Waals surface area contributed by atoms with E-state index in [1.807, 2.05) is 6.92 Å². The van der Waals surface area contributed by atoms with Gasteiger partial charge >= 0.3 is 0 Å². The van der Waals surface area contributed by atoms with Crippen molar-refractivity contribution in [3.63, 3.8) is 0 Å². The van der Waals surface area contributed by atoms with E-state index in [0.29, 0.717) is 17.9 Å². The van der Waals surface area contributed by atoms with E-state index in [1.165, 1.54) is 12.1 Å². The molecule has 0 radical (unpaired) electrons. The summed E-state index contributed by atoms with van der Waals surface area (Å²) in [7, 11) is 0. The van der Waals surface area contributed by atoms with Crippen LogP contribution in [0.15, 0.2) is 36.4 Å². The molecule has 0 bridgehead atoms. The van der Waals surface area contributed by atoms with Crippen molar-refractivity contribution in [1.82, 2.24) is 0 Å². The lowest BCUT2D eigenvalue weighted by Gasteiger charge is -2.11. The average molecular weight is 302 g/mol. The third-order valence-electron chi connectivity index (χ3n) is 3.07. The molecule has 0 spiro atoms. The molecule has 0 fully saturated rings. The van der Waals surface area contributed by atoms with Crippen LogP contribution in [0.3, 0.4) is 0 Å². The van der Waals surface area contributed by atoms with Crippen LogP contribution in [0.5, 0.6) is 23.0 Å². The number of benzene rings is 2.